The van der Waals surface area contributed by atoms with E-state index in [0.29, 0.717) is 16.7 Å². The molecule has 0 aromatic carbocycles. The Morgan fingerprint density at radius 2 is 2.33 bits per heavy atom. The molecule has 1 saturated heterocycles. The summed E-state index contributed by atoms with van der Waals surface area (Å²) in [6.07, 6.45) is 1.02. The largest absolute Gasteiger partial charge is 0.333 e. The molecule has 1 aliphatic rings. The third-order valence-corrected chi connectivity index (χ3v) is 4.60. The molecule has 0 spiro atoms. The van der Waals surface area contributed by atoms with E-state index in [1.165, 1.54) is 11.5 Å². The van der Waals surface area contributed by atoms with Gasteiger partial charge in [0, 0.05) is 18.5 Å². The van der Waals surface area contributed by atoms with Gasteiger partial charge in [-0.2, -0.15) is 0 Å². The monoisotopic (exact) mass is 287 g/mol. The maximum Gasteiger partial charge on any atom is 0.267 e. The van der Waals surface area contributed by atoms with E-state index in [-0.39, 0.29) is 17.9 Å². The molecule has 2 rings (SSSR count). The van der Waals surface area contributed by atoms with Gasteiger partial charge in [0.25, 0.3) is 5.91 Å². The zero-order chi connectivity index (χ0) is 13.3. The number of rotatable bonds is 3. The van der Waals surface area contributed by atoms with Crippen molar-refractivity contribution in [3.63, 3.8) is 0 Å². The Balaban J connectivity index is 2.23. The van der Waals surface area contributed by atoms with Crippen LogP contribution in [0.2, 0.25) is 0 Å². The van der Waals surface area contributed by atoms with Crippen molar-refractivity contribution < 1.29 is 4.79 Å². The lowest BCUT2D eigenvalue weighted by atomic mass is 10.0. The minimum atomic E-state index is 0.0451. The molecular formula is C12H18ClN3OS. The number of likely N-dealkylation sites (tertiary alicyclic amines) is 1. The van der Waals surface area contributed by atoms with Gasteiger partial charge in [-0.25, -0.2) is 0 Å². The molecule has 4 nitrogen and oxygen atoms in total. The van der Waals surface area contributed by atoms with Crippen molar-refractivity contribution in [2.75, 3.05) is 12.4 Å². The molecule has 1 aromatic rings. The first-order valence-electron chi connectivity index (χ1n) is 6.25. The Morgan fingerprint density at radius 3 is 2.94 bits per heavy atom. The molecule has 2 heterocycles. The summed E-state index contributed by atoms with van der Waals surface area (Å²) in [6.45, 7) is 6.99. The summed E-state index contributed by atoms with van der Waals surface area (Å²) < 4.78 is 3.92. The standard InChI is InChI=1S/C12H18ClN3OS/c1-7(2)10-11(18-15-14-10)12(17)16-5-4-8(3)9(16)6-13/h7-9H,4-6H2,1-3H3. The van der Waals surface area contributed by atoms with Crippen molar-refractivity contribution in [2.24, 2.45) is 5.92 Å². The van der Waals surface area contributed by atoms with E-state index in [4.69, 9.17) is 11.6 Å². The number of alkyl halides is 1. The summed E-state index contributed by atoms with van der Waals surface area (Å²) in [7, 11) is 0. The highest BCUT2D eigenvalue weighted by atomic mass is 35.5. The van der Waals surface area contributed by atoms with Crippen molar-refractivity contribution in [3.05, 3.63) is 10.6 Å². The third kappa shape index (κ3) is 2.38. The molecule has 0 radical (unpaired) electrons. The average molecular weight is 288 g/mol. The second-order valence-corrected chi connectivity index (χ2v) is 6.19. The van der Waals surface area contributed by atoms with Crippen LogP contribution in [0.1, 0.15) is 48.5 Å². The number of hydrogen-bond acceptors (Lipinski definition) is 4. The second kappa shape index (κ2) is 5.53. The molecule has 1 amide bonds. The van der Waals surface area contributed by atoms with Gasteiger partial charge in [-0.15, -0.1) is 16.7 Å². The number of halogens is 1. The van der Waals surface area contributed by atoms with Crippen LogP contribution < -0.4 is 0 Å². The Hall–Kier alpha value is -0.680. The van der Waals surface area contributed by atoms with Crippen LogP contribution in [0.4, 0.5) is 0 Å². The fourth-order valence-corrected chi connectivity index (χ4v) is 3.60. The lowest BCUT2D eigenvalue weighted by molar-refractivity contribution is 0.0740. The molecule has 1 aromatic heterocycles. The Bertz CT molecular complexity index is 435. The predicted molar refractivity (Wildman–Crippen MR) is 73.3 cm³/mol. The zero-order valence-electron chi connectivity index (χ0n) is 10.9. The van der Waals surface area contributed by atoms with Crippen LogP contribution in [0.5, 0.6) is 0 Å². The van der Waals surface area contributed by atoms with E-state index in [1.54, 1.807) is 0 Å². The van der Waals surface area contributed by atoms with Gasteiger partial charge in [0.05, 0.1) is 5.69 Å². The van der Waals surface area contributed by atoms with Crippen LogP contribution in [0.3, 0.4) is 0 Å². The van der Waals surface area contributed by atoms with Gasteiger partial charge in [-0.1, -0.05) is 25.3 Å². The summed E-state index contributed by atoms with van der Waals surface area (Å²) in [5.74, 6) is 1.23. The first-order chi connectivity index (χ1) is 8.56. The van der Waals surface area contributed by atoms with Crippen LogP contribution >= 0.6 is 23.1 Å². The van der Waals surface area contributed by atoms with Crippen LogP contribution in [0.25, 0.3) is 0 Å². The first kappa shape index (κ1) is 13.7. The first-order valence-corrected chi connectivity index (χ1v) is 7.56. The van der Waals surface area contributed by atoms with Gasteiger partial charge >= 0.3 is 0 Å². The van der Waals surface area contributed by atoms with Crippen LogP contribution in [-0.2, 0) is 0 Å². The number of hydrogen-bond donors (Lipinski definition) is 0. The van der Waals surface area contributed by atoms with Crippen molar-refractivity contribution >= 4 is 29.0 Å². The molecular weight excluding hydrogens is 270 g/mol. The van der Waals surface area contributed by atoms with E-state index in [2.05, 4.69) is 16.5 Å². The fourth-order valence-electron chi connectivity index (χ4n) is 2.35. The number of carbonyl (C=O) groups excluding carboxylic acids is 1. The summed E-state index contributed by atoms with van der Waals surface area (Å²) >= 11 is 7.17. The van der Waals surface area contributed by atoms with Crippen molar-refractivity contribution in [1.82, 2.24) is 14.5 Å². The van der Waals surface area contributed by atoms with Gasteiger partial charge in [0.1, 0.15) is 4.88 Å². The Labute approximate surface area is 116 Å². The maximum absolute atomic E-state index is 12.5. The molecule has 1 aliphatic heterocycles. The Morgan fingerprint density at radius 1 is 1.61 bits per heavy atom. The van der Waals surface area contributed by atoms with Crippen molar-refractivity contribution in [3.8, 4) is 0 Å². The van der Waals surface area contributed by atoms with Gasteiger partial charge in [0.15, 0.2) is 0 Å². The van der Waals surface area contributed by atoms with Crippen LogP contribution in [0.15, 0.2) is 0 Å². The minimum absolute atomic E-state index is 0.0451. The van der Waals surface area contributed by atoms with E-state index in [1.807, 2.05) is 18.7 Å². The molecule has 100 valence electrons. The summed E-state index contributed by atoms with van der Waals surface area (Å²) in [4.78, 5) is 15.1. The highest BCUT2D eigenvalue weighted by Crippen LogP contribution is 2.29. The molecule has 0 bridgehead atoms. The second-order valence-electron chi connectivity index (χ2n) is 5.13. The number of aromatic nitrogens is 2. The van der Waals surface area contributed by atoms with Gasteiger partial charge in [-0.05, 0) is 29.8 Å². The average Bonchev–Trinajstić information content (AvgIpc) is 2.93. The van der Waals surface area contributed by atoms with E-state index in [0.717, 1.165) is 18.7 Å². The fraction of sp³-hybridized carbons (Fsp3) is 0.750. The predicted octanol–water partition coefficient (Wildman–Crippen LogP) is 2.75. The molecule has 0 saturated carbocycles. The quantitative estimate of drug-likeness (QED) is 0.803. The topological polar surface area (TPSA) is 46.1 Å². The number of amides is 1. The molecule has 2 atom stereocenters. The highest BCUT2D eigenvalue weighted by molar-refractivity contribution is 7.08. The highest BCUT2D eigenvalue weighted by Gasteiger charge is 2.36. The number of nitrogens with zero attached hydrogens (tertiary/aromatic N) is 3. The van der Waals surface area contributed by atoms with Crippen molar-refractivity contribution in [2.45, 2.75) is 39.2 Å². The van der Waals surface area contributed by atoms with E-state index >= 15 is 0 Å². The molecule has 18 heavy (non-hydrogen) atoms. The molecule has 0 N–H and O–H groups in total. The zero-order valence-corrected chi connectivity index (χ0v) is 12.5. The minimum Gasteiger partial charge on any atom is -0.333 e. The maximum atomic E-state index is 12.5. The molecule has 6 heteroatoms. The Kier molecular flexibility index (Phi) is 4.22. The van der Waals surface area contributed by atoms with Gasteiger partial charge in [-0.3, -0.25) is 4.79 Å². The molecule has 0 aliphatic carbocycles. The van der Waals surface area contributed by atoms with Crippen LogP contribution in [0, 0.1) is 5.92 Å². The normalized spacial score (nSPS) is 23.9. The van der Waals surface area contributed by atoms with Gasteiger partial charge in [0.2, 0.25) is 0 Å². The van der Waals surface area contributed by atoms with E-state index in [9.17, 15) is 4.79 Å². The smallest absolute Gasteiger partial charge is 0.267 e. The van der Waals surface area contributed by atoms with Crippen LogP contribution in [-0.4, -0.2) is 38.9 Å². The summed E-state index contributed by atoms with van der Waals surface area (Å²) in [6, 6.07) is 0.140. The number of carbonyl (C=O) groups is 1. The van der Waals surface area contributed by atoms with E-state index < -0.39 is 0 Å². The lowest BCUT2D eigenvalue weighted by Crippen LogP contribution is -2.38. The molecule has 2 unspecified atom stereocenters. The van der Waals surface area contributed by atoms with Gasteiger partial charge < -0.3 is 4.90 Å². The summed E-state index contributed by atoms with van der Waals surface area (Å²) in [5, 5.41) is 4.07. The lowest BCUT2D eigenvalue weighted by Gasteiger charge is -2.24. The SMILES string of the molecule is CC(C)c1nnsc1C(=O)N1CCC(C)C1CCl. The molecule has 1 fully saturated rings. The van der Waals surface area contributed by atoms with Crippen molar-refractivity contribution in [1.29, 1.82) is 0 Å². The summed E-state index contributed by atoms with van der Waals surface area (Å²) in [5.41, 5.74) is 0.804. The third-order valence-electron chi connectivity index (χ3n) is 3.56.